The van der Waals surface area contributed by atoms with Gasteiger partial charge in [0.25, 0.3) is 5.56 Å². The lowest BCUT2D eigenvalue weighted by Gasteiger charge is -2.13. The number of hydrogen-bond acceptors (Lipinski definition) is 5. The Balaban J connectivity index is 1.82. The molecule has 0 atom stereocenters. The van der Waals surface area contributed by atoms with Crippen LogP contribution in [0, 0.1) is 0 Å². The number of aromatic amines is 1. The van der Waals surface area contributed by atoms with Crippen LogP contribution in [0.1, 0.15) is 0 Å². The van der Waals surface area contributed by atoms with E-state index in [2.05, 4.69) is 10.3 Å². The summed E-state index contributed by atoms with van der Waals surface area (Å²) in [6.07, 6.45) is 0. The highest BCUT2D eigenvalue weighted by Crippen LogP contribution is 2.21. The molecule has 1 aromatic heterocycles. The fourth-order valence-corrected chi connectivity index (χ4v) is 3.26. The molecule has 0 saturated carbocycles. The Labute approximate surface area is 169 Å². The first-order chi connectivity index (χ1) is 13.5. The van der Waals surface area contributed by atoms with Crippen LogP contribution in [0.2, 0.25) is 5.02 Å². The quantitative estimate of drug-likeness (QED) is 0.601. The topological polar surface area (TPSA) is 93.2 Å². The van der Waals surface area contributed by atoms with Gasteiger partial charge in [0, 0.05) is 16.0 Å². The third kappa shape index (κ3) is 4.85. The first-order valence-electron chi connectivity index (χ1n) is 8.15. The fraction of sp³-hybridized carbons (Fsp3) is 0.105. The zero-order valence-electron chi connectivity index (χ0n) is 14.8. The summed E-state index contributed by atoms with van der Waals surface area (Å²) in [5, 5.41) is 3.24. The highest BCUT2D eigenvalue weighted by molar-refractivity contribution is 8.00. The third-order valence-electron chi connectivity index (χ3n) is 3.72. The van der Waals surface area contributed by atoms with Crippen LogP contribution >= 0.6 is 23.4 Å². The van der Waals surface area contributed by atoms with Crippen molar-refractivity contribution < 1.29 is 9.53 Å². The molecule has 144 valence electrons. The van der Waals surface area contributed by atoms with E-state index in [9.17, 15) is 14.4 Å². The molecule has 2 N–H and O–H groups in total. The van der Waals surface area contributed by atoms with Crippen LogP contribution in [-0.4, -0.2) is 28.3 Å². The lowest BCUT2D eigenvalue weighted by Crippen LogP contribution is -2.32. The van der Waals surface area contributed by atoms with Crippen molar-refractivity contribution in [2.24, 2.45) is 0 Å². The predicted octanol–water partition coefficient (Wildman–Crippen LogP) is 2.92. The Kier molecular flexibility index (Phi) is 6.23. The summed E-state index contributed by atoms with van der Waals surface area (Å²) in [5.74, 6) is 0.449. The number of carbonyl (C=O) groups is 1. The van der Waals surface area contributed by atoms with E-state index in [4.69, 9.17) is 16.3 Å². The minimum absolute atomic E-state index is 0.0839. The minimum Gasteiger partial charge on any atom is -0.497 e. The second kappa shape index (κ2) is 8.81. The van der Waals surface area contributed by atoms with Gasteiger partial charge in [0.15, 0.2) is 0 Å². The van der Waals surface area contributed by atoms with E-state index in [0.717, 1.165) is 11.0 Å². The van der Waals surface area contributed by atoms with Crippen molar-refractivity contribution in [2.75, 3.05) is 18.2 Å². The van der Waals surface area contributed by atoms with Gasteiger partial charge in [0.1, 0.15) is 11.6 Å². The number of nitrogens with zero attached hydrogens (tertiary/aromatic N) is 1. The molecule has 0 aliphatic heterocycles. The average Bonchev–Trinajstić information content (AvgIpc) is 2.67. The number of benzene rings is 2. The largest absolute Gasteiger partial charge is 0.497 e. The zero-order valence-corrected chi connectivity index (χ0v) is 16.3. The highest BCUT2D eigenvalue weighted by Gasteiger charge is 2.12. The molecule has 0 aliphatic rings. The second-order valence-electron chi connectivity index (χ2n) is 5.65. The van der Waals surface area contributed by atoms with Gasteiger partial charge in [-0.3, -0.25) is 14.6 Å². The molecular weight excluding hydrogens is 402 g/mol. The lowest BCUT2D eigenvalue weighted by molar-refractivity contribution is -0.113. The molecule has 0 bridgehead atoms. The number of halogens is 1. The fourth-order valence-electron chi connectivity index (χ4n) is 2.43. The van der Waals surface area contributed by atoms with Gasteiger partial charge in [-0.1, -0.05) is 11.6 Å². The number of H-pyrrole nitrogens is 1. The van der Waals surface area contributed by atoms with Crippen molar-refractivity contribution in [1.29, 1.82) is 0 Å². The Bertz CT molecular complexity index is 1090. The van der Waals surface area contributed by atoms with Gasteiger partial charge in [-0.2, -0.15) is 0 Å². The molecule has 3 aromatic rings. The molecule has 1 heterocycles. The Morgan fingerprint density at radius 1 is 1.14 bits per heavy atom. The van der Waals surface area contributed by atoms with Crippen molar-refractivity contribution in [2.45, 2.75) is 4.90 Å². The zero-order chi connectivity index (χ0) is 20.1. The Morgan fingerprint density at radius 2 is 1.82 bits per heavy atom. The maximum absolute atomic E-state index is 12.4. The van der Waals surface area contributed by atoms with E-state index in [0.29, 0.717) is 16.5 Å². The SMILES string of the molecule is COc1ccc(-n2c(NC(=O)CSc3ccc(Cl)cc3)cc(=O)[nH]c2=O)cc1. The summed E-state index contributed by atoms with van der Waals surface area (Å²) in [7, 11) is 1.53. The number of carbonyl (C=O) groups excluding carboxylic acids is 1. The van der Waals surface area contributed by atoms with Gasteiger partial charge < -0.3 is 10.1 Å². The number of ether oxygens (including phenoxy) is 1. The lowest BCUT2D eigenvalue weighted by atomic mass is 10.3. The molecule has 7 nitrogen and oxygen atoms in total. The molecule has 0 fully saturated rings. The highest BCUT2D eigenvalue weighted by atomic mass is 35.5. The monoisotopic (exact) mass is 417 g/mol. The van der Waals surface area contributed by atoms with Crippen LogP contribution in [0.3, 0.4) is 0 Å². The molecule has 9 heteroatoms. The van der Waals surface area contributed by atoms with Crippen LogP contribution in [-0.2, 0) is 4.79 Å². The van der Waals surface area contributed by atoms with Gasteiger partial charge in [0.2, 0.25) is 5.91 Å². The molecule has 2 aromatic carbocycles. The predicted molar refractivity (Wildman–Crippen MR) is 110 cm³/mol. The van der Waals surface area contributed by atoms with E-state index in [1.165, 1.54) is 23.4 Å². The molecule has 0 saturated heterocycles. The molecule has 0 radical (unpaired) electrons. The van der Waals surface area contributed by atoms with Crippen LogP contribution in [0.5, 0.6) is 5.75 Å². The van der Waals surface area contributed by atoms with Gasteiger partial charge in [-0.05, 0) is 48.5 Å². The number of anilines is 1. The number of rotatable bonds is 6. The van der Waals surface area contributed by atoms with E-state index in [1.54, 1.807) is 48.5 Å². The molecule has 0 unspecified atom stereocenters. The first kappa shape index (κ1) is 19.8. The van der Waals surface area contributed by atoms with Crippen molar-refractivity contribution in [3.8, 4) is 11.4 Å². The van der Waals surface area contributed by atoms with Crippen LogP contribution in [0.25, 0.3) is 5.69 Å². The molecule has 1 amide bonds. The second-order valence-corrected chi connectivity index (χ2v) is 7.13. The summed E-state index contributed by atoms with van der Waals surface area (Å²) in [6.45, 7) is 0. The smallest absolute Gasteiger partial charge is 0.334 e. The van der Waals surface area contributed by atoms with Crippen molar-refractivity contribution >= 4 is 35.1 Å². The van der Waals surface area contributed by atoms with Gasteiger partial charge in [0.05, 0.1) is 18.6 Å². The summed E-state index contributed by atoms with van der Waals surface area (Å²) >= 11 is 7.16. The number of methoxy groups -OCH3 is 1. The normalized spacial score (nSPS) is 10.5. The number of nitrogens with one attached hydrogen (secondary N) is 2. The molecule has 0 aliphatic carbocycles. The van der Waals surface area contributed by atoms with E-state index < -0.39 is 11.2 Å². The minimum atomic E-state index is -0.654. The van der Waals surface area contributed by atoms with Gasteiger partial charge >= 0.3 is 5.69 Å². The number of amides is 1. The summed E-state index contributed by atoms with van der Waals surface area (Å²) in [5.41, 5.74) is -0.781. The van der Waals surface area contributed by atoms with Crippen molar-refractivity contribution in [3.63, 3.8) is 0 Å². The summed E-state index contributed by atoms with van der Waals surface area (Å²) in [4.78, 5) is 39.5. The number of thioether (sulfide) groups is 1. The van der Waals surface area contributed by atoms with Gasteiger partial charge in [-0.15, -0.1) is 11.8 Å². The third-order valence-corrected chi connectivity index (χ3v) is 4.99. The number of hydrogen-bond donors (Lipinski definition) is 2. The first-order valence-corrected chi connectivity index (χ1v) is 9.51. The summed E-state index contributed by atoms with van der Waals surface area (Å²) < 4.78 is 6.32. The number of aromatic nitrogens is 2. The van der Waals surface area contributed by atoms with Crippen LogP contribution < -0.4 is 21.3 Å². The van der Waals surface area contributed by atoms with Crippen LogP contribution in [0.4, 0.5) is 5.82 Å². The van der Waals surface area contributed by atoms with E-state index in [1.807, 2.05) is 0 Å². The van der Waals surface area contributed by atoms with Gasteiger partial charge in [-0.25, -0.2) is 9.36 Å². The van der Waals surface area contributed by atoms with Crippen molar-refractivity contribution in [3.05, 3.63) is 80.5 Å². The average molecular weight is 418 g/mol. The van der Waals surface area contributed by atoms with E-state index >= 15 is 0 Å². The molecular formula is C19H16ClN3O4S. The summed E-state index contributed by atoms with van der Waals surface area (Å²) in [6, 6.07) is 14.9. The maximum Gasteiger partial charge on any atom is 0.334 e. The Hall–Kier alpha value is -2.97. The molecule has 0 spiro atoms. The van der Waals surface area contributed by atoms with Crippen molar-refractivity contribution in [1.82, 2.24) is 9.55 Å². The maximum atomic E-state index is 12.4. The van der Waals surface area contributed by atoms with E-state index in [-0.39, 0.29) is 17.5 Å². The van der Waals surface area contributed by atoms with Crippen LogP contribution in [0.15, 0.2) is 69.1 Å². The molecule has 28 heavy (non-hydrogen) atoms. The molecule has 3 rings (SSSR count). The standard InChI is InChI=1S/C19H16ClN3O4S/c1-27-14-6-4-13(5-7-14)23-16(10-17(24)22-19(23)26)21-18(25)11-28-15-8-2-12(20)3-9-15/h2-10H,11H2,1H3,(H,21,25)(H,22,24,26). The Morgan fingerprint density at radius 3 is 2.46 bits per heavy atom.